The summed E-state index contributed by atoms with van der Waals surface area (Å²) >= 11 is 6.01. The van der Waals surface area contributed by atoms with Gasteiger partial charge in [-0.15, -0.1) is 0 Å². The first-order valence-corrected chi connectivity index (χ1v) is 6.16. The minimum absolute atomic E-state index is 0.0200. The molecule has 0 radical (unpaired) electrons. The molecule has 2 rings (SSSR count). The predicted octanol–water partition coefficient (Wildman–Crippen LogP) is 3.69. The summed E-state index contributed by atoms with van der Waals surface area (Å²) < 4.78 is 5.26. The van der Waals surface area contributed by atoms with Gasteiger partial charge in [-0.05, 0) is 25.1 Å². The van der Waals surface area contributed by atoms with Gasteiger partial charge in [-0.2, -0.15) is 0 Å². The molecule has 0 bridgehead atoms. The van der Waals surface area contributed by atoms with E-state index in [0.29, 0.717) is 17.1 Å². The number of benzene rings is 1. The molecule has 0 spiro atoms. The molecular formula is C13H13ClN2O3. The van der Waals surface area contributed by atoms with Crippen molar-refractivity contribution < 1.29 is 9.34 Å². The molecule has 1 heterocycles. The second-order valence-electron chi connectivity index (χ2n) is 4.11. The zero-order valence-corrected chi connectivity index (χ0v) is 11.1. The Morgan fingerprint density at radius 1 is 1.42 bits per heavy atom. The molecule has 1 aromatic carbocycles. The van der Waals surface area contributed by atoms with Crippen LogP contribution in [-0.2, 0) is 6.54 Å². The van der Waals surface area contributed by atoms with Gasteiger partial charge in [-0.3, -0.25) is 10.1 Å². The highest BCUT2D eigenvalue weighted by molar-refractivity contribution is 6.31. The first-order chi connectivity index (χ1) is 9.09. The molecule has 2 aromatic rings. The van der Waals surface area contributed by atoms with Crippen molar-refractivity contribution in [2.24, 2.45) is 0 Å². The van der Waals surface area contributed by atoms with Crippen LogP contribution in [-0.4, -0.2) is 4.92 Å². The molecule has 1 N–H and O–H groups in total. The lowest BCUT2D eigenvalue weighted by atomic mass is 10.1. The van der Waals surface area contributed by atoms with Crippen molar-refractivity contribution >= 4 is 17.3 Å². The number of hydrogen-bond donors (Lipinski definition) is 1. The molecule has 100 valence electrons. The number of furan rings is 1. The van der Waals surface area contributed by atoms with E-state index < -0.39 is 4.92 Å². The summed E-state index contributed by atoms with van der Waals surface area (Å²) in [6.07, 6.45) is 1.59. The lowest BCUT2D eigenvalue weighted by molar-refractivity contribution is -0.385. The topological polar surface area (TPSA) is 68.3 Å². The van der Waals surface area contributed by atoms with Crippen LogP contribution in [0.15, 0.2) is 41.0 Å². The molecule has 1 aromatic heterocycles. The molecule has 0 aliphatic rings. The largest absolute Gasteiger partial charge is 0.468 e. The molecule has 1 atom stereocenters. The van der Waals surface area contributed by atoms with Crippen LogP contribution in [0, 0.1) is 10.1 Å². The smallest absolute Gasteiger partial charge is 0.275 e. The number of rotatable bonds is 5. The van der Waals surface area contributed by atoms with Crippen molar-refractivity contribution in [3.63, 3.8) is 0 Å². The number of nitro benzene ring substituents is 1. The highest BCUT2D eigenvalue weighted by Gasteiger charge is 2.17. The van der Waals surface area contributed by atoms with Crippen molar-refractivity contribution in [1.29, 1.82) is 0 Å². The summed E-state index contributed by atoms with van der Waals surface area (Å²) in [5.74, 6) is 0.773. The van der Waals surface area contributed by atoms with Gasteiger partial charge in [0.25, 0.3) is 5.69 Å². The lowest BCUT2D eigenvalue weighted by Gasteiger charge is -2.12. The van der Waals surface area contributed by atoms with Gasteiger partial charge in [-0.1, -0.05) is 17.7 Å². The third-order valence-electron chi connectivity index (χ3n) is 2.85. The average molecular weight is 281 g/mol. The first kappa shape index (κ1) is 13.6. The fourth-order valence-electron chi connectivity index (χ4n) is 1.79. The fourth-order valence-corrected chi connectivity index (χ4v) is 2.02. The molecule has 0 aliphatic heterocycles. The van der Waals surface area contributed by atoms with Gasteiger partial charge in [0.1, 0.15) is 5.76 Å². The summed E-state index contributed by atoms with van der Waals surface area (Å²) in [4.78, 5) is 10.5. The van der Waals surface area contributed by atoms with Crippen molar-refractivity contribution in [1.82, 2.24) is 5.32 Å². The van der Waals surface area contributed by atoms with Gasteiger partial charge < -0.3 is 9.73 Å². The number of nitro groups is 1. The molecule has 6 heteroatoms. The minimum atomic E-state index is -0.430. The third-order valence-corrected chi connectivity index (χ3v) is 3.20. The van der Waals surface area contributed by atoms with E-state index in [1.807, 2.05) is 13.0 Å². The van der Waals surface area contributed by atoms with Crippen LogP contribution >= 0.6 is 11.6 Å². The Balaban J connectivity index is 2.13. The van der Waals surface area contributed by atoms with Crippen molar-refractivity contribution in [3.05, 3.63) is 63.1 Å². The standard InChI is InChI=1S/C13H13ClN2O3/c1-9(13-6-3-7-19-13)15-8-10-11(14)4-2-5-12(10)16(17)18/h2-7,9,15H,8H2,1H3. The van der Waals surface area contributed by atoms with Crippen LogP contribution in [0.5, 0.6) is 0 Å². The number of nitrogens with zero attached hydrogens (tertiary/aromatic N) is 1. The lowest BCUT2D eigenvalue weighted by Crippen LogP contribution is -2.18. The zero-order chi connectivity index (χ0) is 13.8. The summed E-state index contributed by atoms with van der Waals surface area (Å²) in [5.41, 5.74) is 0.499. The summed E-state index contributed by atoms with van der Waals surface area (Å²) in [6.45, 7) is 2.22. The van der Waals surface area contributed by atoms with Crippen LogP contribution in [0.25, 0.3) is 0 Å². The Morgan fingerprint density at radius 3 is 2.84 bits per heavy atom. The molecule has 0 aliphatic carbocycles. The maximum atomic E-state index is 10.9. The van der Waals surface area contributed by atoms with Gasteiger partial charge in [0.15, 0.2) is 0 Å². The number of halogens is 1. The van der Waals surface area contributed by atoms with E-state index in [9.17, 15) is 10.1 Å². The first-order valence-electron chi connectivity index (χ1n) is 5.78. The van der Waals surface area contributed by atoms with E-state index in [0.717, 1.165) is 5.76 Å². The van der Waals surface area contributed by atoms with Gasteiger partial charge in [0.05, 0.1) is 27.8 Å². The SMILES string of the molecule is CC(NCc1c(Cl)cccc1[N+](=O)[O-])c1ccco1. The summed E-state index contributed by atoms with van der Waals surface area (Å²) in [6, 6.07) is 8.25. The van der Waals surface area contributed by atoms with Gasteiger partial charge in [0.2, 0.25) is 0 Å². The van der Waals surface area contributed by atoms with E-state index in [4.69, 9.17) is 16.0 Å². The molecule has 1 unspecified atom stereocenters. The number of hydrogen-bond acceptors (Lipinski definition) is 4. The van der Waals surface area contributed by atoms with Crippen LogP contribution in [0.3, 0.4) is 0 Å². The third kappa shape index (κ3) is 3.13. The quantitative estimate of drug-likeness (QED) is 0.670. The van der Waals surface area contributed by atoms with E-state index in [-0.39, 0.29) is 11.7 Å². The van der Waals surface area contributed by atoms with Crippen molar-refractivity contribution in [2.75, 3.05) is 0 Å². The van der Waals surface area contributed by atoms with Crippen LogP contribution in [0.2, 0.25) is 5.02 Å². The fraction of sp³-hybridized carbons (Fsp3) is 0.231. The molecule has 0 fully saturated rings. The Hall–Kier alpha value is -1.85. The van der Waals surface area contributed by atoms with Crippen LogP contribution < -0.4 is 5.32 Å². The van der Waals surface area contributed by atoms with Crippen LogP contribution in [0.4, 0.5) is 5.69 Å². The Labute approximate surface area is 115 Å². The molecule has 0 saturated carbocycles. The van der Waals surface area contributed by atoms with E-state index in [2.05, 4.69) is 5.32 Å². The van der Waals surface area contributed by atoms with Crippen molar-refractivity contribution in [3.8, 4) is 0 Å². The molecular weight excluding hydrogens is 268 g/mol. The molecule has 19 heavy (non-hydrogen) atoms. The van der Waals surface area contributed by atoms with Crippen molar-refractivity contribution in [2.45, 2.75) is 19.5 Å². The van der Waals surface area contributed by atoms with E-state index >= 15 is 0 Å². The maximum absolute atomic E-state index is 10.9. The average Bonchev–Trinajstić information content (AvgIpc) is 2.90. The summed E-state index contributed by atoms with van der Waals surface area (Å²) in [7, 11) is 0. The normalized spacial score (nSPS) is 12.3. The Morgan fingerprint density at radius 2 is 2.21 bits per heavy atom. The highest BCUT2D eigenvalue weighted by Crippen LogP contribution is 2.26. The van der Waals surface area contributed by atoms with E-state index in [1.165, 1.54) is 6.07 Å². The molecule has 0 saturated heterocycles. The van der Waals surface area contributed by atoms with Gasteiger partial charge in [0, 0.05) is 12.6 Å². The second-order valence-corrected chi connectivity index (χ2v) is 4.52. The molecule has 5 nitrogen and oxygen atoms in total. The minimum Gasteiger partial charge on any atom is -0.468 e. The van der Waals surface area contributed by atoms with Gasteiger partial charge in [-0.25, -0.2) is 0 Å². The predicted molar refractivity (Wildman–Crippen MR) is 72.1 cm³/mol. The Bertz CT molecular complexity index is 569. The van der Waals surface area contributed by atoms with Gasteiger partial charge >= 0.3 is 0 Å². The van der Waals surface area contributed by atoms with Crippen LogP contribution in [0.1, 0.15) is 24.3 Å². The highest BCUT2D eigenvalue weighted by atomic mass is 35.5. The summed E-state index contributed by atoms with van der Waals surface area (Å²) in [5, 5.41) is 14.5. The molecule has 0 amide bonds. The monoisotopic (exact) mass is 280 g/mol. The Kier molecular flexibility index (Phi) is 4.19. The zero-order valence-electron chi connectivity index (χ0n) is 10.3. The maximum Gasteiger partial charge on any atom is 0.275 e. The van der Waals surface area contributed by atoms with E-state index in [1.54, 1.807) is 24.5 Å². The number of nitrogens with one attached hydrogen (secondary N) is 1. The second kappa shape index (κ2) is 5.86.